The Bertz CT molecular complexity index is 820. The van der Waals surface area contributed by atoms with Gasteiger partial charge in [0.2, 0.25) is 5.91 Å². The van der Waals surface area contributed by atoms with Gasteiger partial charge in [-0.25, -0.2) is 9.37 Å². The molecule has 29 heavy (non-hydrogen) atoms. The molecule has 4 rings (SSSR count). The fourth-order valence-electron chi connectivity index (χ4n) is 4.31. The molecule has 1 saturated carbocycles. The predicted octanol–water partition coefficient (Wildman–Crippen LogP) is 4.06. The minimum absolute atomic E-state index is 0.121. The lowest BCUT2D eigenvalue weighted by atomic mass is 10.1. The number of nitrogens with one attached hydrogen (secondary N) is 1. The van der Waals surface area contributed by atoms with Crippen LogP contribution in [-0.2, 0) is 11.3 Å². The third-order valence-corrected chi connectivity index (χ3v) is 6.01. The molecule has 1 aromatic heterocycles. The first kappa shape index (κ1) is 19.8. The molecule has 0 bridgehead atoms. The molecule has 1 saturated heterocycles. The molecule has 1 aliphatic carbocycles. The maximum atomic E-state index is 13.9. The van der Waals surface area contributed by atoms with E-state index in [2.05, 4.69) is 20.1 Å². The zero-order chi connectivity index (χ0) is 20.1. The average Bonchev–Trinajstić information content (AvgIpc) is 3.18. The highest BCUT2D eigenvalue weighted by atomic mass is 19.1. The number of hydrogen-bond donors (Lipinski definition) is 1. The fourth-order valence-corrected chi connectivity index (χ4v) is 4.31. The van der Waals surface area contributed by atoms with Crippen molar-refractivity contribution in [1.82, 2.24) is 9.88 Å². The molecule has 2 aliphatic rings. The number of benzene rings is 1. The Hall–Kier alpha value is -2.47. The van der Waals surface area contributed by atoms with Gasteiger partial charge in [0, 0.05) is 44.2 Å². The van der Waals surface area contributed by atoms with Crippen molar-refractivity contribution in [2.24, 2.45) is 5.92 Å². The molecule has 154 valence electrons. The summed E-state index contributed by atoms with van der Waals surface area (Å²) in [7, 11) is 0. The summed E-state index contributed by atoms with van der Waals surface area (Å²) in [5.41, 5.74) is 1.52. The van der Waals surface area contributed by atoms with Gasteiger partial charge >= 0.3 is 0 Å². The van der Waals surface area contributed by atoms with Crippen molar-refractivity contribution < 1.29 is 9.18 Å². The summed E-state index contributed by atoms with van der Waals surface area (Å²) >= 11 is 0. The van der Waals surface area contributed by atoms with E-state index in [0.29, 0.717) is 6.54 Å². The Morgan fingerprint density at radius 3 is 2.62 bits per heavy atom. The fraction of sp³-hybridized carbons (Fsp3) is 0.478. The zero-order valence-electron chi connectivity index (χ0n) is 16.8. The van der Waals surface area contributed by atoms with E-state index < -0.39 is 0 Å². The van der Waals surface area contributed by atoms with Crippen LogP contribution in [0.4, 0.5) is 15.9 Å². The highest BCUT2D eigenvalue weighted by molar-refractivity contribution is 5.92. The topological polar surface area (TPSA) is 48.5 Å². The third kappa shape index (κ3) is 5.12. The second-order valence-electron chi connectivity index (χ2n) is 8.08. The number of carbonyl (C=O) groups is 1. The molecule has 0 atom stereocenters. The van der Waals surface area contributed by atoms with Gasteiger partial charge in [-0.2, -0.15) is 0 Å². The van der Waals surface area contributed by atoms with E-state index >= 15 is 0 Å². The van der Waals surface area contributed by atoms with Crippen LogP contribution in [0.5, 0.6) is 0 Å². The Kier molecular flexibility index (Phi) is 6.39. The van der Waals surface area contributed by atoms with Crippen molar-refractivity contribution in [3.8, 4) is 0 Å². The lowest BCUT2D eigenvalue weighted by Crippen LogP contribution is -2.31. The van der Waals surface area contributed by atoms with E-state index in [1.165, 1.54) is 6.07 Å². The maximum Gasteiger partial charge on any atom is 0.227 e. The van der Waals surface area contributed by atoms with E-state index in [0.717, 1.165) is 75.4 Å². The molecule has 1 N–H and O–H groups in total. The summed E-state index contributed by atoms with van der Waals surface area (Å²) in [6, 6.07) is 10.9. The van der Waals surface area contributed by atoms with Crippen LogP contribution in [0.3, 0.4) is 0 Å². The Morgan fingerprint density at radius 2 is 1.86 bits per heavy atom. The zero-order valence-corrected chi connectivity index (χ0v) is 16.8. The number of rotatable bonds is 5. The lowest BCUT2D eigenvalue weighted by Gasteiger charge is -2.23. The van der Waals surface area contributed by atoms with E-state index in [1.54, 1.807) is 12.3 Å². The van der Waals surface area contributed by atoms with Crippen LogP contribution < -0.4 is 10.2 Å². The van der Waals surface area contributed by atoms with Gasteiger partial charge in [0.15, 0.2) is 0 Å². The van der Waals surface area contributed by atoms with Crippen LogP contribution in [0, 0.1) is 11.7 Å². The minimum Gasteiger partial charge on any atom is -0.355 e. The number of nitrogens with zero attached hydrogens (tertiary/aromatic N) is 3. The monoisotopic (exact) mass is 396 g/mol. The number of carbonyl (C=O) groups excluding carboxylic acids is 1. The lowest BCUT2D eigenvalue weighted by molar-refractivity contribution is -0.119. The van der Waals surface area contributed by atoms with Crippen molar-refractivity contribution in [3.05, 3.63) is 54.0 Å². The van der Waals surface area contributed by atoms with Gasteiger partial charge in [0.1, 0.15) is 11.6 Å². The highest BCUT2D eigenvalue weighted by Gasteiger charge is 2.23. The molecule has 0 radical (unpaired) electrons. The SMILES string of the molecule is O=C(Nc1ccc(N2CCCN(Cc3ccccc3F)CC2)nc1)C1CCCC1. The number of pyridine rings is 1. The number of anilines is 2. The Balaban J connectivity index is 1.32. The molecule has 1 amide bonds. The smallest absolute Gasteiger partial charge is 0.227 e. The second-order valence-corrected chi connectivity index (χ2v) is 8.08. The van der Waals surface area contributed by atoms with Crippen molar-refractivity contribution in [1.29, 1.82) is 0 Å². The molecule has 0 spiro atoms. The Morgan fingerprint density at radius 1 is 1.03 bits per heavy atom. The standard InChI is InChI=1S/C23H29FN4O/c24-21-9-4-3-8-19(21)17-27-12-5-13-28(15-14-27)22-11-10-20(16-25-22)26-23(29)18-6-1-2-7-18/h3-4,8-11,16,18H,1-2,5-7,12-15,17H2,(H,26,29). The molecule has 2 heterocycles. The van der Waals surface area contributed by atoms with Crippen LogP contribution in [0.2, 0.25) is 0 Å². The molecule has 5 nitrogen and oxygen atoms in total. The van der Waals surface area contributed by atoms with Gasteiger partial charge in [0.25, 0.3) is 0 Å². The molecular weight excluding hydrogens is 367 g/mol. The van der Waals surface area contributed by atoms with E-state index in [4.69, 9.17) is 0 Å². The first-order valence-corrected chi connectivity index (χ1v) is 10.7. The van der Waals surface area contributed by atoms with Crippen molar-refractivity contribution in [2.75, 3.05) is 36.4 Å². The average molecular weight is 397 g/mol. The van der Waals surface area contributed by atoms with E-state index in [-0.39, 0.29) is 17.6 Å². The van der Waals surface area contributed by atoms with Crippen LogP contribution in [0.1, 0.15) is 37.7 Å². The molecule has 2 aromatic rings. The molecule has 1 aliphatic heterocycles. The number of halogens is 1. The van der Waals surface area contributed by atoms with E-state index in [9.17, 15) is 9.18 Å². The van der Waals surface area contributed by atoms with Crippen LogP contribution in [0.15, 0.2) is 42.6 Å². The first-order valence-electron chi connectivity index (χ1n) is 10.7. The molecule has 0 unspecified atom stereocenters. The summed E-state index contributed by atoms with van der Waals surface area (Å²) in [5.74, 6) is 1.07. The van der Waals surface area contributed by atoms with Crippen LogP contribution in [-0.4, -0.2) is 42.0 Å². The van der Waals surface area contributed by atoms with Gasteiger partial charge < -0.3 is 10.2 Å². The van der Waals surface area contributed by atoms with E-state index in [1.807, 2.05) is 24.3 Å². The number of aromatic nitrogens is 1. The van der Waals surface area contributed by atoms with Crippen LogP contribution in [0.25, 0.3) is 0 Å². The molecular formula is C23H29FN4O. The van der Waals surface area contributed by atoms with Gasteiger partial charge in [-0.15, -0.1) is 0 Å². The largest absolute Gasteiger partial charge is 0.355 e. The molecule has 6 heteroatoms. The molecule has 2 fully saturated rings. The van der Waals surface area contributed by atoms with Crippen molar-refractivity contribution in [2.45, 2.75) is 38.6 Å². The summed E-state index contributed by atoms with van der Waals surface area (Å²) < 4.78 is 13.9. The first-order chi connectivity index (χ1) is 14.2. The van der Waals surface area contributed by atoms with Crippen LogP contribution >= 0.6 is 0 Å². The Labute approximate surface area is 171 Å². The third-order valence-electron chi connectivity index (χ3n) is 6.01. The van der Waals surface area contributed by atoms with Gasteiger partial charge in [-0.1, -0.05) is 31.0 Å². The minimum atomic E-state index is -0.134. The van der Waals surface area contributed by atoms with Gasteiger partial charge in [-0.05, 0) is 37.5 Å². The second kappa shape index (κ2) is 9.35. The predicted molar refractivity (Wildman–Crippen MR) is 113 cm³/mol. The number of amides is 1. The van der Waals surface area contributed by atoms with Gasteiger partial charge in [0.05, 0.1) is 11.9 Å². The number of hydrogen-bond acceptors (Lipinski definition) is 4. The normalized spacial score (nSPS) is 18.6. The summed E-state index contributed by atoms with van der Waals surface area (Å²) in [5, 5.41) is 3.00. The van der Waals surface area contributed by atoms with Gasteiger partial charge in [-0.3, -0.25) is 9.69 Å². The maximum absolute atomic E-state index is 13.9. The molecule has 1 aromatic carbocycles. The highest BCUT2D eigenvalue weighted by Crippen LogP contribution is 2.26. The summed E-state index contributed by atoms with van der Waals surface area (Å²) in [6.07, 6.45) is 7.06. The summed E-state index contributed by atoms with van der Waals surface area (Å²) in [6.45, 7) is 4.24. The van der Waals surface area contributed by atoms with Crippen molar-refractivity contribution >= 4 is 17.4 Å². The quantitative estimate of drug-likeness (QED) is 0.828. The summed E-state index contributed by atoms with van der Waals surface area (Å²) in [4.78, 5) is 21.4. The van der Waals surface area contributed by atoms with Crippen molar-refractivity contribution in [3.63, 3.8) is 0 Å².